The van der Waals surface area contributed by atoms with Gasteiger partial charge in [-0.05, 0) is 37.0 Å². The summed E-state index contributed by atoms with van der Waals surface area (Å²) < 4.78 is 0. The topological polar surface area (TPSA) is 20.2 Å². The van der Waals surface area contributed by atoms with E-state index in [-0.39, 0.29) is 7.92 Å². The predicted molar refractivity (Wildman–Crippen MR) is 49.3 cm³/mol. The number of rotatable bonds is 1. The molecule has 2 fully saturated rings. The summed E-state index contributed by atoms with van der Waals surface area (Å²) in [5, 5.41) is 9.23. The van der Waals surface area contributed by atoms with Crippen LogP contribution in [0.5, 0.6) is 0 Å². The first-order valence-corrected chi connectivity index (χ1v) is 6.45. The third-order valence-corrected chi connectivity index (χ3v) is 6.49. The van der Waals surface area contributed by atoms with Crippen molar-refractivity contribution < 1.29 is 5.11 Å². The molecule has 2 aliphatic rings. The van der Waals surface area contributed by atoms with Crippen LogP contribution in [0.1, 0.15) is 38.5 Å². The van der Waals surface area contributed by atoms with Crippen LogP contribution in [0.25, 0.3) is 0 Å². The number of aliphatic hydroxyl groups excluding tert-OH is 1. The first-order chi connectivity index (χ1) is 5.42. The lowest BCUT2D eigenvalue weighted by atomic mass is 10.0. The molecule has 0 radical (unpaired) electrons. The SMILES string of the molecule is OCP1C2CCCCC1CC2. The summed E-state index contributed by atoms with van der Waals surface area (Å²) in [6.45, 7) is 0. The smallest absolute Gasteiger partial charge is 0.0629 e. The molecule has 0 amide bonds. The largest absolute Gasteiger partial charge is 0.392 e. The van der Waals surface area contributed by atoms with E-state index in [0.29, 0.717) is 6.35 Å². The normalized spacial score (nSPS) is 43.9. The summed E-state index contributed by atoms with van der Waals surface area (Å²) in [5.41, 5.74) is 1.89. The summed E-state index contributed by atoms with van der Waals surface area (Å²) in [4.78, 5) is 0. The van der Waals surface area contributed by atoms with Gasteiger partial charge in [-0.25, -0.2) is 0 Å². The van der Waals surface area contributed by atoms with Crippen molar-refractivity contribution in [3.8, 4) is 0 Å². The predicted octanol–water partition coefficient (Wildman–Crippen LogP) is 2.52. The Morgan fingerprint density at radius 2 is 1.55 bits per heavy atom. The van der Waals surface area contributed by atoms with E-state index in [2.05, 4.69) is 0 Å². The minimum atomic E-state index is 0.0481. The Labute approximate surface area is 69.9 Å². The Bertz CT molecular complexity index is 124. The third-order valence-electron chi connectivity index (χ3n) is 3.26. The highest BCUT2D eigenvalue weighted by atomic mass is 31.1. The van der Waals surface area contributed by atoms with Crippen molar-refractivity contribution in [2.75, 3.05) is 6.35 Å². The molecule has 2 saturated heterocycles. The van der Waals surface area contributed by atoms with Crippen LogP contribution in [0.3, 0.4) is 0 Å². The molecule has 2 unspecified atom stereocenters. The van der Waals surface area contributed by atoms with Crippen molar-refractivity contribution in [3.05, 3.63) is 0 Å². The maximum absolute atomic E-state index is 9.23. The fourth-order valence-corrected chi connectivity index (χ4v) is 5.67. The lowest BCUT2D eigenvalue weighted by molar-refractivity contribution is 0.368. The lowest BCUT2D eigenvalue weighted by Crippen LogP contribution is -2.02. The molecule has 0 aromatic heterocycles. The maximum atomic E-state index is 9.23. The molecule has 64 valence electrons. The van der Waals surface area contributed by atoms with Gasteiger partial charge >= 0.3 is 0 Å². The van der Waals surface area contributed by atoms with Crippen molar-refractivity contribution in [1.29, 1.82) is 0 Å². The highest BCUT2D eigenvalue weighted by molar-refractivity contribution is 7.59. The van der Waals surface area contributed by atoms with Crippen molar-refractivity contribution in [2.24, 2.45) is 0 Å². The molecule has 1 nitrogen and oxygen atoms in total. The number of hydrogen-bond donors (Lipinski definition) is 1. The van der Waals surface area contributed by atoms with E-state index >= 15 is 0 Å². The van der Waals surface area contributed by atoms with E-state index in [1.807, 2.05) is 0 Å². The Hall–Kier alpha value is 0.390. The molecule has 0 aliphatic carbocycles. The highest BCUT2D eigenvalue weighted by Gasteiger charge is 2.35. The zero-order chi connectivity index (χ0) is 7.68. The molecule has 0 saturated carbocycles. The molecule has 1 N–H and O–H groups in total. The number of fused-ring (bicyclic) bond motifs is 2. The average molecular weight is 172 g/mol. The first kappa shape index (κ1) is 8.01. The van der Waals surface area contributed by atoms with Crippen LogP contribution >= 0.6 is 7.92 Å². The second-order valence-electron chi connectivity index (χ2n) is 3.83. The standard InChI is InChI=1S/C9H17OP/c10-7-11-8-3-1-2-4-9(11)6-5-8/h8-10H,1-7H2. The monoisotopic (exact) mass is 172 g/mol. The van der Waals surface area contributed by atoms with Crippen molar-refractivity contribution in [2.45, 2.75) is 49.8 Å². The van der Waals surface area contributed by atoms with Gasteiger partial charge in [-0.2, -0.15) is 0 Å². The van der Waals surface area contributed by atoms with Crippen LogP contribution in [-0.2, 0) is 0 Å². The van der Waals surface area contributed by atoms with Crippen LogP contribution in [0.4, 0.5) is 0 Å². The molecule has 0 spiro atoms. The molecule has 0 aromatic rings. The number of aliphatic hydroxyl groups is 1. The summed E-state index contributed by atoms with van der Waals surface area (Å²) in [6, 6.07) is 0. The fraction of sp³-hybridized carbons (Fsp3) is 1.00. The van der Waals surface area contributed by atoms with Gasteiger partial charge in [0.25, 0.3) is 0 Å². The van der Waals surface area contributed by atoms with Crippen molar-refractivity contribution in [1.82, 2.24) is 0 Å². The molecular weight excluding hydrogens is 155 g/mol. The van der Waals surface area contributed by atoms with E-state index in [1.165, 1.54) is 38.5 Å². The Morgan fingerprint density at radius 1 is 1.00 bits per heavy atom. The Balaban J connectivity index is 2.06. The molecular formula is C9H17OP. The zero-order valence-corrected chi connectivity index (χ0v) is 7.89. The van der Waals surface area contributed by atoms with Crippen LogP contribution < -0.4 is 0 Å². The molecule has 0 aromatic carbocycles. The van der Waals surface area contributed by atoms with Gasteiger partial charge in [0, 0.05) is 0 Å². The van der Waals surface area contributed by atoms with Crippen molar-refractivity contribution in [3.63, 3.8) is 0 Å². The Morgan fingerprint density at radius 3 is 2.00 bits per heavy atom. The first-order valence-electron chi connectivity index (χ1n) is 4.78. The number of hydrogen-bond acceptors (Lipinski definition) is 1. The van der Waals surface area contributed by atoms with Crippen LogP contribution in [0.2, 0.25) is 0 Å². The quantitative estimate of drug-likeness (QED) is 0.602. The van der Waals surface area contributed by atoms with E-state index in [4.69, 9.17) is 0 Å². The molecule has 2 bridgehead atoms. The van der Waals surface area contributed by atoms with Crippen LogP contribution in [-0.4, -0.2) is 22.8 Å². The summed E-state index contributed by atoms with van der Waals surface area (Å²) in [5.74, 6) is 0. The second kappa shape index (κ2) is 3.41. The molecule has 2 heterocycles. The molecule has 2 aliphatic heterocycles. The van der Waals surface area contributed by atoms with Crippen LogP contribution in [0, 0.1) is 0 Å². The minimum Gasteiger partial charge on any atom is -0.392 e. The van der Waals surface area contributed by atoms with Gasteiger partial charge in [-0.1, -0.05) is 20.8 Å². The average Bonchev–Trinajstić information content (AvgIpc) is 2.23. The van der Waals surface area contributed by atoms with Gasteiger partial charge in [-0.15, -0.1) is 0 Å². The van der Waals surface area contributed by atoms with E-state index in [0.717, 1.165) is 11.3 Å². The van der Waals surface area contributed by atoms with Gasteiger partial charge in [-0.3, -0.25) is 0 Å². The van der Waals surface area contributed by atoms with Gasteiger partial charge in [0.2, 0.25) is 0 Å². The van der Waals surface area contributed by atoms with Gasteiger partial charge < -0.3 is 5.11 Å². The van der Waals surface area contributed by atoms with E-state index < -0.39 is 0 Å². The Kier molecular flexibility index (Phi) is 2.48. The van der Waals surface area contributed by atoms with E-state index in [1.54, 1.807) is 0 Å². The molecule has 2 rings (SSSR count). The fourth-order valence-electron chi connectivity index (χ4n) is 2.63. The van der Waals surface area contributed by atoms with Gasteiger partial charge in [0.05, 0.1) is 6.35 Å². The van der Waals surface area contributed by atoms with Crippen LogP contribution in [0.15, 0.2) is 0 Å². The van der Waals surface area contributed by atoms with Gasteiger partial charge in [0.1, 0.15) is 0 Å². The summed E-state index contributed by atoms with van der Waals surface area (Å²) in [6.07, 6.45) is 9.07. The third kappa shape index (κ3) is 1.46. The molecule has 11 heavy (non-hydrogen) atoms. The van der Waals surface area contributed by atoms with E-state index in [9.17, 15) is 5.11 Å². The second-order valence-corrected chi connectivity index (χ2v) is 6.60. The summed E-state index contributed by atoms with van der Waals surface area (Å²) >= 11 is 0. The zero-order valence-electron chi connectivity index (χ0n) is 7.00. The summed E-state index contributed by atoms with van der Waals surface area (Å²) in [7, 11) is 0.0481. The van der Waals surface area contributed by atoms with Gasteiger partial charge in [0.15, 0.2) is 0 Å². The molecule has 2 atom stereocenters. The lowest BCUT2D eigenvalue weighted by Gasteiger charge is -2.19. The maximum Gasteiger partial charge on any atom is 0.0629 e. The minimum absolute atomic E-state index is 0.0481. The molecule has 2 heteroatoms. The highest BCUT2D eigenvalue weighted by Crippen LogP contribution is 2.59. The van der Waals surface area contributed by atoms with Crippen molar-refractivity contribution >= 4 is 7.92 Å².